The summed E-state index contributed by atoms with van der Waals surface area (Å²) in [5.74, 6) is 0. The molecule has 0 atom stereocenters. The lowest BCUT2D eigenvalue weighted by molar-refractivity contribution is 1.06. The second-order valence-electron chi connectivity index (χ2n) is 1.34. The molecule has 0 saturated carbocycles. The minimum absolute atomic E-state index is 0.0608. The Balaban J connectivity index is 3.18. The van der Waals surface area contributed by atoms with Gasteiger partial charge in [0.2, 0.25) is 0 Å². The summed E-state index contributed by atoms with van der Waals surface area (Å²) in [6, 6.07) is 1.22. The number of rotatable bonds is 0. The number of hydrogen-bond donors (Lipinski definition) is 0. The molecule has 0 spiro atoms. The Labute approximate surface area is 70.6 Å². The molecule has 2 nitrogen and oxygen atoms in total. The van der Waals surface area contributed by atoms with Crippen LogP contribution in [0.25, 0.3) is 0 Å². The second-order valence-corrected chi connectivity index (χ2v) is 2.44. The minimum atomic E-state index is -2.24. The highest BCUT2D eigenvalue weighted by atomic mass is 79.9. The van der Waals surface area contributed by atoms with Gasteiger partial charge in [-0.2, -0.15) is 0 Å². The highest BCUT2D eigenvalue weighted by Crippen LogP contribution is 2.09. The van der Waals surface area contributed by atoms with Crippen LogP contribution in [0, 0.1) is 6.85 Å². The first kappa shape index (κ1) is 3.88. The average Bonchev–Trinajstić information content (AvgIpc) is 1.82. The molecule has 1 heterocycles. The highest BCUT2D eigenvalue weighted by Gasteiger charge is 1.93. The molecule has 0 unspecified atom stereocenters. The third-order valence-corrected chi connectivity index (χ3v) is 1.22. The number of aryl methyl sites for hydroxylation is 1. The Bertz CT molecular complexity index is 281. The van der Waals surface area contributed by atoms with Gasteiger partial charge >= 0.3 is 0 Å². The number of halogens is 2. The zero-order chi connectivity index (χ0) is 9.35. The third kappa shape index (κ3) is 1.91. The van der Waals surface area contributed by atoms with E-state index in [-0.39, 0.29) is 15.6 Å². The van der Waals surface area contributed by atoms with Gasteiger partial charge in [-0.3, -0.25) is 0 Å². The summed E-state index contributed by atoms with van der Waals surface area (Å²) in [5, 5.41) is 0.114. The molecule has 0 amide bonds. The van der Waals surface area contributed by atoms with E-state index < -0.39 is 6.85 Å². The molecule has 0 aliphatic carbocycles. The normalized spacial score (nSPS) is 16.0. The maximum Gasteiger partial charge on any atom is 0.198 e. The third-order valence-electron chi connectivity index (χ3n) is 0.668. The van der Waals surface area contributed by atoms with Crippen LogP contribution in [0.5, 0.6) is 0 Å². The topological polar surface area (TPSA) is 25.8 Å². The largest absolute Gasteiger partial charge is 0.227 e. The first-order chi connectivity index (χ1) is 5.39. The van der Waals surface area contributed by atoms with Crippen LogP contribution in [0.1, 0.15) is 9.81 Å². The fourth-order valence-electron chi connectivity index (χ4n) is 0.390. The molecule has 1 aromatic rings. The van der Waals surface area contributed by atoms with Crippen molar-refractivity contribution in [3.8, 4) is 0 Å². The summed E-state index contributed by atoms with van der Waals surface area (Å²) in [6.07, 6.45) is 0. The van der Waals surface area contributed by atoms with Crippen molar-refractivity contribution in [1.29, 1.82) is 0 Å². The monoisotopic (exact) mass is 209 g/mol. The molecule has 0 saturated heterocycles. The first-order valence-electron chi connectivity index (χ1n) is 3.60. The van der Waals surface area contributed by atoms with Crippen molar-refractivity contribution < 1.29 is 4.11 Å². The molecule has 0 radical (unpaired) electrons. The first-order valence-corrected chi connectivity index (χ1v) is 3.27. The molecule has 0 fully saturated rings. The van der Waals surface area contributed by atoms with Gasteiger partial charge in [0.05, 0.1) is 0 Å². The molecule has 0 N–H and O–H groups in total. The van der Waals surface area contributed by atoms with Crippen molar-refractivity contribution >= 4 is 27.5 Å². The Hall–Kier alpha value is -0.150. The quantitative estimate of drug-likeness (QED) is 0.485. The van der Waals surface area contributed by atoms with E-state index in [1.807, 2.05) is 0 Å². The second kappa shape index (κ2) is 2.62. The Morgan fingerprint density at radius 1 is 1.78 bits per heavy atom. The van der Waals surface area contributed by atoms with E-state index in [0.29, 0.717) is 0 Å². The number of hydrogen-bond acceptors (Lipinski definition) is 2. The Morgan fingerprint density at radius 3 is 3.11 bits per heavy atom. The lowest BCUT2D eigenvalue weighted by Gasteiger charge is -1.92. The van der Waals surface area contributed by atoms with E-state index in [4.69, 9.17) is 15.7 Å². The predicted molar refractivity (Wildman–Crippen MR) is 39.5 cm³/mol. The summed E-state index contributed by atoms with van der Waals surface area (Å²) < 4.78 is 21.3. The van der Waals surface area contributed by atoms with Gasteiger partial charge in [-0.05, 0) is 28.8 Å². The van der Waals surface area contributed by atoms with Gasteiger partial charge in [-0.25, -0.2) is 9.97 Å². The molecule has 0 aromatic carbocycles. The summed E-state index contributed by atoms with van der Waals surface area (Å²) in [5.41, 5.74) is -0.0608. The molecule has 4 heteroatoms. The van der Waals surface area contributed by atoms with Gasteiger partial charge in [-0.1, -0.05) is 11.6 Å². The van der Waals surface area contributed by atoms with Gasteiger partial charge in [0, 0.05) is 9.81 Å². The summed E-state index contributed by atoms with van der Waals surface area (Å²) in [6.45, 7) is -2.24. The zero-order valence-electron chi connectivity index (χ0n) is 7.23. The maximum absolute atomic E-state index is 7.03. The van der Waals surface area contributed by atoms with Crippen molar-refractivity contribution in [1.82, 2.24) is 9.97 Å². The average molecular weight is 210 g/mol. The van der Waals surface area contributed by atoms with E-state index in [1.54, 1.807) is 0 Å². The summed E-state index contributed by atoms with van der Waals surface area (Å²) >= 11 is 8.47. The van der Waals surface area contributed by atoms with Crippen LogP contribution < -0.4 is 0 Å². The van der Waals surface area contributed by atoms with Gasteiger partial charge in [0.25, 0.3) is 0 Å². The van der Waals surface area contributed by atoms with Crippen molar-refractivity contribution in [2.24, 2.45) is 0 Å². The predicted octanol–water partition coefficient (Wildman–Crippen LogP) is 2.20. The number of nitrogens with zero attached hydrogens (tertiary/aromatic N) is 2. The van der Waals surface area contributed by atoms with Crippen molar-refractivity contribution in [2.45, 2.75) is 6.85 Å². The number of aromatic nitrogens is 2. The van der Waals surface area contributed by atoms with E-state index in [1.165, 1.54) is 6.07 Å². The van der Waals surface area contributed by atoms with E-state index >= 15 is 0 Å². The SMILES string of the molecule is [2H]C([2H])([2H])c1cc(Cl)nc(Br)n1. The van der Waals surface area contributed by atoms with Crippen LogP contribution in [0.2, 0.25) is 5.15 Å². The smallest absolute Gasteiger partial charge is 0.198 e. The van der Waals surface area contributed by atoms with Crippen LogP contribution in [0.4, 0.5) is 0 Å². The van der Waals surface area contributed by atoms with Crippen LogP contribution in [-0.2, 0) is 0 Å². The fraction of sp³-hybridized carbons (Fsp3) is 0.200. The Morgan fingerprint density at radius 2 is 2.56 bits per heavy atom. The standard InChI is InChI=1S/C5H4BrClN2/c1-3-2-4(7)9-5(6)8-3/h2H,1H3/i1D3. The molecule has 1 aromatic heterocycles. The fourth-order valence-corrected chi connectivity index (χ4v) is 1.06. The maximum atomic E-state index is 7.03. The van der Waals surface area contributed by atoms with E-state index in [9.17, 15) is 0 Å². The molecule has 0 aliphatic rings. The minimum Gasteiger partial charge on any atom is -0.227 e. The summed E-state index contributed by atoms with van der Waals surface area (Å²) in [4.78, 5) is 7.33. The Kier molecular flexibility index (Phi) is 1.13. The summed E-state index contributed by atoms with van der Waals surface area (Å²) in [7, 11) is 0. The van der Waals surface area contributed by atoms with Crippen molar-refractivity contribution in [3.05, 3.63) is 21.6 Å². The molecule has 48 valence electrons. The van der Waals surface area contributed by atoms with E-state index in [0.717, 1.165) is 0 Å². The van der Waals surface area contributed by atoms with Crippen LogP contribution in [0.15, 0.2) is 10.8 Å². The molecule has 1 rings (SSSR count). The van der Waals surface area contributed by atoms with Gasteiger partial charge in [0.15, 0.2) is 4.73 Å². The van der Waals surface area contributed by atoms with Crippen molar-refractivity contribution in [2.75, 3.05) is 0 Å². The molecule has 0 bridgehead atoms. The van der Waals surface area contributed by atoms with E-state index in [2.05, 4.69) is 25.9 Å². The molecule has 9 heavy (non-hydrogen) atoms. The van der Waals surface area contributed by atoms with Gasteiger partial charge < -0.3 is 0 Å². The highest BCUT2D eigenvalue weighted by molar-refractivity contribution is 9.10. The lowest BCUT2D eigenvalue weighted by Crippen LogP contribution is -1.85. The van der Waals surface area contributed by atoms with Crippen LogP contribution >= 0.6 is 27.5 Å². The van der Waals surface area contributed by atoms with Gasteiger partial charge in [0.1, 0.15) is 5.15 Å². The molecule has 0 aliphatic heterocycles. The molecular formula is C5H4BrClN2. The van der Waals surface area contributed by atoms with Crippen molar-refractivity contribution in [3.63, 3.8) is 0 Å². The molecular weight excluding hydrogens is 203 g/mol. The van der Waals surface area contributed by atoms with Crippen LogP contribution in [-0.4, -0.2) is 9.97 Å². The van der Waals surface area contributed by atoms with Gasteiger partial charge in [-0.15, -0.1) is 0 Å². The van der Waals surface area contributed by atoms with Crippen LogP contribution in [0.3, 0.4) is 0 Å². The zero-order valence-corrected chi connectivity index (χ0v) is 6.57. The lowest BCUT2D eigenvalue weighted by atomic mass is 10.5.